The third kappa shape index (κ3) is 14.9. The van der Waals surface area contributed by atoms with Gasteiger partial charge in [0.15, 0.2) is 22.9 Å². The van der Waals surface area contributed by atoms with Crippen LogP contribution in [0.5, 0.6) is 17.2 Å². The Morgan fingerprint density at radius 3 is 1.16 bits per heavy atom. The number of H-pyrrole nitrogens is 5. The van der Waals surface area contributed by atoms with Crippen molar-refractivity contribution in [3.8, 4) is 96.2 Å². The van der Waals surface area contributed by atoms with Crippen molar-refractivity contribution in [2.75, 3.05) is 10.7 Å². The zero-order valence-electron chi connectivity index (χ0n) is 58.5. The van der Waals surface area contributed by atoms with Crippen LogP contribution >= 0.6 is 12.4 Å². The van der Waals surface area contributed by atoms with Gasteiger partial charge in [0.2, 0.25) is 17.5 Å². The molecule has 5 aromatic heterocycles. The molecule has 0 radical (unpaired) electrons. The Morgan fingerprint density at radius 1 is 0.407 bits per heavy atom. The number of amides is 1. The third-order valence-electron chi connectivity index (χ3n) is 18.9. The Morgan fingerprint density at radius 2 is 0.769 bits per heavy atom. The van der Waals surface area contributed by atoms with E-state index in [1.54, 1.807) is 68.4 Å². The fourth-order valence-corrected chi connectivity index (χ4v) is 13.5. The Hall–Kier alpha value is -14.0. The van der Waals surface area contributed by atoms with Crippen LogP contribution in [-0.4, -0.2) is 108 Å². The van der Waals surface area contributed by atoms with Crippen LogP contribution < -0.4 is 21.9 Å². The van der Waals surface area contributed by atoms with E-state index in [9.17, 15) is 29.7 Å². The maximum absolute atomic E-state index is 13.1. The van der Waals surface area contributed by atoms with Gasteiger partial charge >= 0.3 is 0 Å². The predicted octanol–water partition coefficient (Wildman–Crippen LogP) is 14.4. The van der Waals surface area contributed by atoms with Crippen LogP contribution in [0, 0.1) is 13.8 Å². The highest BCUT2D eigenvalue weighted by Gasteiger charge is 2.25. The van der Waals surface area contributed by atoms with E-state index in [1.165, 1.54) is 60.6 Å². The maximum Gasteiger partial charge on any atom is 0.299 e. The van der Waals surface area contributed by atoms with Crippen LogP contribution in [0.2, 0.25) is 0 Å². The summed E-state index contributed by atoms with van der Waals surface area (Å²) in [6.07, 6.45) is 10.5. The number of para-hydroxylation sites is 3. The summed E-state index contributed by atoms with van der Waals surface area (Å²) in [5.41, 5.74) is 25.4. The number of aryl methyl sites for hydroxylation is 8. The Labute approximate surface area is 621 Å². The first-order valence-electron chi connectivity index (χ1n) is 34.6. The second kappa shape index (κ2) is 31.2. The number of halogens is 1. The molecule has 4 aliphatic rings. The number of rotatable bonds is 13. The number of benzene rings is 9. The number of hydrogen-bond acceptors (Lipinski definition) is 21. The normalized spacial score (nSPS) is 13.3. The summed E-state index contributed by atoms with van der Waals surface area (Å²) in [6.45, 7) is 5.45. The van der Waals surface area contributed by atoms with Crippen molar-refractivity contribution in [1.29, 1.82) is 0 Å². The molecule has 0 saturated heterocycles. The number of tetrazole rings is 3. The number of hydrazone groups is 1. The molecule has 3 aliphatic carbocycles. The number of nitrogens with one attached hydrogen (secondary N) is 5. The van der Waals surface area contributed by atoms with Gasteiger partial charge in [-0.2, -0.15) is 20.7 Å². The van der Waals surface area contributed by atoms with Gasteiger partial charge in [0.1, 0.15) is 17.1 Å². The fourth-order valence-electron chi connectivity index (χ4n) is 13.5. The lowest BCUT2D eigenvalue weighted by Gasteiger charge is -2.13. The SMILES string of the molecule is CC1=NN(c2ccc3c(c2)CCC3)C(=O)C1.Cc1[nH]n(-c2ccc3c(c2)CCC3)c(=O)c1N=Nc1cccc(-c2cccc(-c3nn[nH]n3)c2)c1O.Cc1[nH]n(-c2ccc3c(c2)CCC3)c(=O)c1N=Nc1cccc(-c2cccc(-c3nn[nH]n3)c2)c1O.Cl.Nc1cccc(-c2cccc(-c3nn[nH]n3)c2)c1O. The number of aromatic nitrogens is 16. The molecular formula is C78H70ClN23O6. The Balaban J connectivity index is 0.000000127. The fraction of sp³-hybridized carbons (Fsp3) is 0.167. The van der Waals surface area contributed by atoms with Crippen LogP contribution in [0.25, 0.3) is 78.9 Å². The summed E-state index contributed by atoms with van der Waals surface area (Å²) in [5.74, 6) is 1.48. The minimum atomic E-state index is -0.294. The van der Waals surface area contributed by atoms with Gasteiger partial charge < -0.3 is 21.1 Å². The Bertz CT molecular complexity index is 5630. The second-order valence-electron chi connectivity index (χ2n) is 26.0. The number of phenols is 3. The summed E-state index contributed by atoms with van der Waals surface area (Å²) >= 11 is 0. The van der Waals surface area contributed by atoms with Gasteiger partial charge in [-0.1, -0.05) is 109 Å². The average Bonchev–Trinajstić information content (AvgIpc) is 1.72. The monoisotopic (exact) mass is 1460 g/mol. The zero-order chi connectivity index (χ0) is 73.7. The van der Waals surface area contributed by atoms with Gasteiger partial charge in [-0.3, -0.25) is 24.6 Å². The van der Waals surface area contributed by atoms with E-state index < -0.39 is 0 Å². The third-order valence-corrected chi connectivity index (χ3v) is 18.9. The minimum absolute atomic E-state index is 0. The maximum atomic E-state index is 13.1. The molecule has 30 heteroatoms. The molecule has 6 heterocycles. The molecule has 1 aliphatic heterocycles. The second-order valence-corrected chi connectivity index (χ2v) is 26.0. The number of nitrogen functional groups attached to an aromatic ring is 1. The Kier molecular flexibility index (Phi) is 20.5. The molecule has 108 heavy (non-hydrogen) atoms. The standard InChI is InChI=1S/2C26H22N8O2.C13H11N5O.C13H14N2O.ClH/c2*1-15-23(26(36)34(31-15)20-12-11-16-5-2-6-17(16)14-20)28-27-22-10-4-9-21(24(22)35)18-7-3-8-19(13-18)25-29-32-33-30-25;14-11-6-2-5-10(12(11)19)8-3-1-4-9(7-8)13-15-17-18-16-13;1-9-7-13(16)15(14-9)12-6-5-10-3-2-4-11(10)8-12;/h2*3-4,7-14,31,35H,2,5-6H2,1H3,(H,29,30,32,33);1-7,19H,14H2,(H,15,16,17,18);5-6,8H,2-4,7H2,1H3;1H. The van der Waals surface area contributed by atoms with Crippen LogP contribution in [0.15, 0.2) is 217 Å². The van der Waals surface area contributed by atoms with E-state index in [1.807, 2.05) is 97.9 Å². The number of anilines is 2. The number of nitrogens with two attached hydrogens (primary N) is 1. The van der Waals surface area contributed by atoms with Crippen LogP contribution in [0.4, 0.5) is 34.1 Å². The van der Waals surface area contributed by atoms with E-state index in [2.05, 4.69) is 134 Å². The van der Waals surface area contributed by atoms with Crippen molar-refractivity contribution in [3.63, 3.8) is 0 Å². The molecule has 9 aromatic carbocycles. The molecular weight excluding hydrogens is 1390 g/mol. The summed E-state index contributed by atoms with van der Waals surface area (Å²) in [7, 11) is 0. The number of carbonyl (C=O) groups excluding carboxylic acids is 1. The highest BCUT2D eigenvalue weighted by Crippen LogP contribution is 2.42. The number of carbonyl (C=O) groups is 1. The highest BCUT2D eigenvalue weighted by molar-refractivity contribution is 6.12. The van der Waals surface area contributed by atoms with Gasteiger partial charge in [-0.25, -0.2) is 14.4 Å². The van der Waals surface area contributed by atoms with Crippen molar-refractivity contribution in [2.45, 2.75) is 85.0 Å². The van der Waals surface area contributed by atoms with Gasteiger partial charge in [0.05, 0.1) is 40.6 Å². The quantitative estimate of drug-likeness (QED) is 0.0294. The van der Waals surface area contributed by atoms with Crippen LogP contribution in [-0.2, 0) is 43.3 Å². The van der Waals surface area contributed by atoms with Gasteiger partial charge in [0, 0.05) is 39.1 Å². The molecule has 1 amide bonds. The molecule has 0 atom stereocenters. The molecule has 0 saturated carbocycles. The van der Waals surface area contributed by atoms with Gasteiger partial charge in [-0.15, -0.1) is 63.5 Å². The number of phenolic OH excluding ortho intramolecular Hbond substituents is 3. The zero-order valence-corrected chi connectivity index (χ0v) is 59.4. The van der Waals surface area contributed by atoms with Gasteiger partial charge in [0.25, 0.3) is 17.0 Å². The summed E-state index contributed by atoms with van der Waals surface area (Å²) in [5, 5.41) is 103. The molecule has 0 bridgehead atoms. The molecule has 540 valence electrons. The van der Waals surface area contributed by atoms with Crippen molar-refractivity contribution < 1.29 is 20.1 Å². The van der Waals surface area contributed by atoms with E-state index >= 15 is 0 Å². The largest absolute Gasteiger partial charge is 0.505 e. The lowest BCUT2D eigenvalue weighted by Crippen LogP contribution is -2.19. The van der Waals surface area contributed by atoms with E-state index in [4.69, 9.17) is 5.73 Å². The number of nitrogens with zero attached hydrogens (tertiary/aromatic N) is 17. The number of hydrogen-bond donors (Lipinski definition) is 9. The molecule has 29 nitrogen and oxygen atoms in total. The highest BCUT2D eigenvalue weighted by atomic mass is 35.5. The minimum Gasteiger partial charge on any atom is -0.505 e. The number of aromatic amines is 5. The first kappa shape index (κ1) is 71.0. The lowest BCUT2D eigenvalue weighted by molar-refractivity contribution is -0.116. The molecule has 14 aromatic rings. The summed E-state index contributed by atoms with van der Waals surface area (Å²) in [6, 6.07) is 56.4. The predicted molar refractivity (Wildman–Crippen MR) is 410 cm³/mol. The first-order valence-corrected chi connectivity index (χ1v) is 34.6. The topological polar surface area (TPSA) is 408 Å². The van der Waals surface area contributed by atoms with E-state index in [0.717, 1.165) is 101 Å². The van der Waals surface area contributed by atoms with Crippen molar-refractivity contribution in [1.82, 2.24) is 81.4 Å². The summed E-state index contributed by atoms with van der Waals surface area (Å²) < 4.78 is 2.98. The number of aromatic hydroxyl groups is 3. The molecule has 18 rings (SSSR count). The smallest absolute Gasteiger partial charge is 0.299 e. The van der Waals surface area contributed by atoms with Crippen LogP contribution in [0.1, 0.15) is 77.4 Å². The van der Waals surface area contributed by atoms with E-state index in [0.29, 0.717) is 57.7 Å². The first-order chi connectivity index (χ1) is 52.2. The van der Waals surface area contributed by atoms with Crippen molar-refractivity contribution in [3.05, 3.63) is 247 Å². The molecule has 0 spiro atoms. The van der Waals surface area contributed by atoms with Gasteiger partial charge in [-0.05, 0) is 217 Å². The van der Waals surface area contributed by atoms with Crippen molar-refractivity contribution in [2.24, 2.45) is 25.6 Å². The lowest BCUT2D eigenvalue weighted by atomic mass is 10.0. The molecule has 0 fully saturated rings. The molecule has 0 unspecified atom stereocenters. The number of azo groups is 2. The number of fused-ring (bicyclic) bond motifs is 3. The van der Waals surface area contributed by atoms with Crippen molar-refractivity contribution >= 4 is 58.2 Å². The summed E-state index contributed by atoms with van der Waals surface area (Å²) in [4.78, 5) is 38.0. The van der Waals surface area contributed by atoms with E-state index in [-0.39, 0.29) is 69.4 Å². The van der Waals surface area contributed by atoms with Crippen LogP contribution in [0.3, 0.4) is 0 Å². The molecule has 10 N–H and O–H groups in total. The average molecular weight is 1460 g/mol.